The molecule has 4 aromatic rings. The van der Waals surface area contributed by atoms with Gasteiger partial charge in [-0.15, -0.1) is 12.4 Å². The van der Waals surface area contributed by atoms with E-state index in [-0.39, 0.29) is 44.2 Å². The number of rotatable bonds is 7. The van der Waals surface area contributed by atoms with Gasteiger partial charge >= 0.3 is 187 Å². The van der Waals surface area contributed by atoms with Gasteiger partial charge in [0.2, 0.25) is 0 Å². The zero-order valence-electron chi connectivity index (χ0n) is 17.7. The van der Waals surface area contributed by atoms with Crippen LogP contribution < -0.4 is 4.74 Å². The number of carbonyl (C=O) groups excluding carboxylic acids is 1. The molecule has 0 aliphatic heterocycles. The van der Waals surface area contributed by atoms with Crippen LogP contribution in [0.5, 0.6) is 17.2 Å². The van der Waals surface area contributed by atoms with Crippen LogP contribution in [0.4, 0.5) is 0 Å². The summed E-state index contributed by atoms with van der Waals surface area (Å²) < 4.78 is 7.44. The minimum atomic E-state index is -0.237. The number of aromatic hydroxyl groups is 2. The van der Waals surface area contributed by atoms with E-state index < -0.39 is 0 Å². The van der Waals surface area contributed by atoms with Crippen molar-refractivity contribution < 1.29 is 19.7 Å². The molecule has 0 bridgehead atoms. The molecule has 0 unspecified atom stereocenters. The first-order valence-corrected chi connectivity index (χ1v) is 11.6. The third-order valence-corrected chi connectivity index (χ3v) is 7.38. The predicted molar refractivity (Wildman–Crippen MR) is 131 cm³/mol. The molecule has 0 spiro atoms. The van der Waals surface area contributed by atoms with Crippen LogP contribution >= 0.6 is 12.4 Å². The zero-order valence-corrected chi connectivity index (χ0v) is 20.3. The molecule has 5 nitrogen and oxygen atoms in total. The van der Waals surface area contributed by atoms with E-state index in [9.17, 15) is 15.0 Å². The number of ketones is 1. The van der Waals surface area contributed by atoms with Crippen LogP contribution in [-0.4, -0.2) is 62.6 Å². The van der Waals surface area contributed by atoms with Gasteiger partial charge in [0.05, 0.1) is 0 Å². The number of ether oxygens (including phenoxy) is 1. The van der Waals surface area contributed by atoms with E-state index in [0.717, 1.165) is 37.5 Å². The maximum Gasteiger partial charge on any atom is -0.147 e. The number of fused-ring (bicyclic) bond motifs is 1. The summed E-state index contributed by atoms with van der Waals surface area (Å²) >= 11 is -0.237. The molecule has 0 atom stereocenters. The summed E-state index contributed by atoms with van der Waals surface area (Å²) in [6.07, 6.45) is 0. The van der Waals surface area contributed by atoms with Crippen molar-refractivity contribution in [2.45, 2.75) is 0 Å². The van der Waals surface area contributed by atoms with Crippen LogP contribution in [0.25, 0.3) is 20.8 Å². The van der Waals surface area contributed by atoms with Gasteiger partial charge in [-0.05, 0) is 0 Å². The quantitative estimate of drug-likeness (QED) is 0.278. The van der Waals surface area contributed by atoms with E-state index >= 15 is 0 Å². The second kappa shape index (κ2) is 10.2. The van der Waals surface area contributed by atoms with Crippen LogP contribution in [0.2, 0.25) is 0 Å². The SMILES string of the molecule is CN(C)CCOc1ccc(C(=O)c2[se]c3cc(O)ccc3c2-c2ccc(O)cc2)cc1.Cl. The second-order valence-corrected chi connectivity index (χ2v) is 9.75. The van der Waals surface area contributed by atoms with Crippen molar-refractivity contribution in [3.05, 3.63) is 76.7 Å². The van der Waals surface area contributed by atoms with Crippen molar-refractivity contribution >= 4 is 42.3 Å². The van der Waals surface area contributed by atoms with Crippen LogP contribution in [0, 0.1) is 0 Å². The molecule has 3 aromatic carbocycles. The first kappa shape index (κ1) is 23.9. The summed E-state index contributed by atoms with van der Waals surface area (Å²) in [6, 6.07) is 19.4. The Morgan fingerprint density at radius 1 is 0.938 bits per heavy atom. The number of hydrogen-bond donors (Lipinski definition) is 2. The molecule has 7 heteroatoms. The summed E-state index contributed by atoms with van der Waals surface area (Å²) in [6.45, 7) is 1.40. The monoisotopic (exact) mass is 517 g/mol. The third-order valence-electron chi connectivity index (χ3n) is 4.96. The fourth-order valence-electron chi connectivity index (χ4n) is 3.34. The molecule has 0 saturated carbocycles. The molecule has 0 aliphatic rings. The second-order valence-electron chi connectivity index (χ2n) is 7.54. The number of hydrogen-bond acceptors (Lipinski definition) is 5. The first-order chi connectivity index (χ1) is 14.9. The standard InChI is InChI=1S/C25H23NO4Se.ClH/c1-26(2)13-14-30-20-10-5-17(6-11-20)24(29)25-23(16-3-7-18(27)8-4-16)21-12-9-19(28)15-22(21)31-25;/h3-12,15,27-28H,13-14H2,1-2H3;1H. The van der Waals surface area contributed by atoms with Crippen molar-refractivity contribution in [3.63, 3.8) is 0 Å². The molecule has 166 valence electrons. The van der Waals surface area contributed by atoms with E-state index in [2.05, 4.69) is 0 Å². The Morgan fingerprint density at radius 3 is 2.25 bits per heavy atom. The number of phenols is 2. The molecular weight excluding hydrogens is 493 g/mol. The van der Waals surface area contributed by atoms with Crippen molar-refractivity contribution in [1.82, 2.24) is 4.90 Å². The van der Waals surface area contributed by atoms with Crippen LogP contribution in [-0.2, 0) is 0 Å². The summed E-state index contributed by atoms with van der Waals surface area (Å²) in [5.74, 6) is 1.07. The van der Waals surface area contributed by atoms with Gasteiger partial charge in [-0.3, -0.25) is 0 Å². The van der Waals surface area contributed by atoms with Crippen LogP contribution in [0.3, 0.4) is 0 Å². The summed E-state index contributed by atoms with van der Waals surface area (Å²) in [4.78, 5) is 15.5. The molecule has 32 heavy (non-hydrogen) atoms. The van der Waals surface area contributed by atoms with E-state index in [1.165, 1.54) is 0 Å². The van der Waals surface area contributed by atoms with Crippen molar-refractivity contribution in [2.24, 2.45) is 0 Å². The maximum atomic E-state index is 13.5. The Hall–Kier alpha value is -2.76. The minimum absolute atomic E-state index is 0. The average Bonchev–Trinajstić information content (AvgIpc) is 3.12. The molecule has 2 N–H and O–H groups in total. The van der Waals surface area contributed by atoms with E-state index in [1.807, 2.05) is 49.3 Å². The van der Waals surface area contributed by atoms with Crippen LogP contribution in [0.15, 0.2) is 66.7 Å². The number of carbonyl (C=O) groups is 1. The first-order valence-electron chi connectivity index (χ1n) is 9.89. The Labute approximate surface area is 199 Å². The molecule has 0 radical (unpaired) electrons. The van der Waals surface area contributed by atoms with Gasteiger partial charge in [0.1, 0.15) is 0 Å². The maximum absolute atomic E-state index is 13.5. The van der Waals surface area contributed by atoms with Crippen LogP contribution in [0.1, 0.15) is 14.8 Å². The minimum Gasteiger partial charge on any atom is -0.147 e. The van der Waals surface area contributed by atoms with Gasteiger partial charge in [-0.2, -0.15) is 0 Å². The van der Waals surface area contributed by atoms with E-state index in [1.54, 1.807) is 36.4 Å². The van der Waals surface area contributed by atoms with Gasteiger partial charge in [0.25, 0.3) is 0 Å². The molecule has 1 heterocycles. The predicted octanol–water partition coefficient (Wildman–Crippen LogP) is 4.57. The van der Waals surface area contributed by atoms with Gasteiger partial charge < -0.3 is 0 Å². The van der Waals surface area contributed by atoms with Gasteiger partial charge in [0, 0.05) is 0 Å². The molecule has 0 aliphatic carbocycles. The van der Waals surface area contributed by atoms with Gasteiger partial charge in [0.15, 0.2) is 0 Å². The van der Waals surface area contributed by atoms with Gasteiger partial charge in [-0.25, -0.2) is 0 Å². The number of benzene rings is 3. The largest absolute Gasteiger partial charge is 0.147 e. The molecule has 4 rings (SSSR count). The number of nitrogens with zero attached hydrogens (tertiary/aromatic N) is 1. The number of phenolic OH excluding ortho intramolecular Hbond substituents is 2. The summed E-state index contributed by atoms with van der Waals surface area (Å²) in [7, 11) is 3.98. The molecular formula is C25H24ClNO4Se. The van der Waals surface area contributed by atoms with E-state index in [0.29, 0.717) is 12.2 Å². The van der Waals surface area contributed by atoms with E-state index in [4.69, 9.17) is 4.74 Å². The fourth-order valence-corrected chi connectivity index (χ4v) is 5.90. The Kier molecular flexibility index (Phi) is 7.64. The van der Waals surface area contributed by atoms with Crippen molar-refractivity contribution in [3.8, 4) is 28.4 Å². The average molecular weight is 517 g/mol. The normalized spacial score (nSPS) is 10.8. The van der Waals surface area contributed by atoms with Gasteiger partial charge in [-0.1, -0.05) is 0 Å². The number of halogens is 1. The molecule has 0 amide bonds. The smallest absolute Gasteiger partial charge is 0.147 e. The van der Waals surface area contributed by atoms with Crippen molar-refractivity contribution in [2.75, 3.05) is 27.2 Å². The number of likely N-dealkylation sites (N-methyl/N-ethyl adjacent to an activating group) is 1. The Balaban J connectivity index is 0.00000289. The Morgan fingerprint density at radius 2 is 1.59 bits per heavy atom. The molecule has 1 aromatic heterocycles. The summed E-state index contributed by atoms with van der Waals surface area (Å²) in [5, 5.41) is 20.6. The third kappa shape index (κ3) is 5.17. The zero-order chi connectivity index (χ0) is 22.0. The molecule has 0 fully saturated rings. The Bertz CT molecular complexity index is 1220. The topological polar surface area (TPSA) is 70.0 Å². The van der Waals surface area contributed by atoms with Crippen molar-refractivity contribution in [1.29, 1.82) is 0 Å². The fraction of sp³-hybridized carbons (Fsp3) is 0.160. The molecule has 0 saturated heterocycles. The summed E-state index contributed by atoms with van der Waals surface area (Å²) in [5.41, 5.74) is 2.34.